The van der Waals surface area contributed by atoms with E-state index in [0.717, 1.165) is 18.5 Å². The molecule has 1 saturated carbocycles. The van der Waals surface area contributed by atoms with Crippen LogP contribution in [-0.2, 0) is 0 Å². The first-order chi connectivity index (χ1) is 6.79. The Morgan fingerprint density at radius 1 is 1.29 bits per heavy atom. The van der Waals surface area contributed by atoms with Gasteiger partial charge in [0.15, 0.2) is 0 Å². The summed E-state index contributed by atoms with van der Waals surface area (Å²) in [6.45, 7) is 6.94. The van der Waals surface area contributed by atoms with E-state index in [4.69, 9.17) is 5.11 Å². The molecule has 0 radical (unpaired) electrons. The average Bonchev–Trinajstić information content (AvgIpc) is 2.59. The SMILES string of the molecule is CCCCN(CCO)C1CCCC1C. The Bertz CT molecular complexity index is 149. The van der Waals surface area contributed by atoms with E-state index in [1.165, 1.54) is 38.6 Å². The van der Waals surface area contributed by atoms with Gasteiger partial charge in [0.05, 0.1) is 6.61 Å². The van der Waals surface area contributed by atoms with Crippen molar-refractivity contribution in [1.29, 1.82) is 0 Å². The standard InChI is InChI=1S/C12H25NO/c1-3-4-8-13(9-10-14)12-7-5-6-11(12)2/h11-12,14H,3-10H2,1-2H3. The zero-order valence-electron chi connectivity index (χ0n) is 9.71. The van der Waals surface area contributed by atoms with E-state index in [2.05, 4.69) is 18.7 Å². The third kappa shape index (κ3) is 3.25. The molecule has 0 aliphatic heterocycles. The Hall–Kier alpha value is -0.0800. The predicted molar refractivity (Wildman–Crippen MR) is 60.4 cm³/mol. The van der Waals surface area contributed by atoms with E-state index in [0.29, 0.717) is 6.61 Å². The fraction of sp³-hybridized carbons (Fsp3) is 1.00. The van der Waals surface area contributed by atoms with Crippen molar-refractivity contribution in [3.8, 4) is 0 Å². The van der Waals surface area contributed by atoms with E-state index < -0.39 is 0 Å². The molecule has 0 aromatic carbocycles. The molecular formula is C12H25NO. The van der Waals surface area contributed by atoms with Crippen molar-refractivity contribution in [2.45, 2.75) is 52.0 Å². The molecule has 2 nitrogen and oxygen atoms in total. The molecule has 2 atom stereocenters. The maximum absolute atomic E-state index is 9.04. The Kier molecular flexibility index (Phi) is 5.49. The van der Waals surface area contributed by atoms with Crippen LogP contribution in [0.15, 0.2) is 0 Å². The van der Waals surface area contributed by atoms with Crippen LogP contribution in [0.1, 0.15) is 46.0 Å². The molecule has 1 aliphatic rings. The van der Waals surface area contributed by atoms with Crippen LogP contribution in [0.4, 0.5) is 0 Å². The van der Waals surface area contributed by atoms with Gasteiger partial charge in [0, 0.05) is 12.6 Å². The average molecular weight is 199 g/mol. The number of aliphatic hydroxyl groups excluding tert-OH is 1. The van der Waals surface area contributed by atoms with Gasteiger partial charge in [-0.1, -0.05) is 26.7 Å². The van der Waals surface area contributed by atoms with Crippen LogP contribution in [-0.4, -0.2) is 35.7 Å². The summed E-state index contributed by atoms with van der Waals surface area (Å²) in [4.78, 5) is 2.50. The van der Waals surface area contributed by atoms with Crippen LogP contribution < -0.4 is 0 Å². The third-order valence-corrected chi connectivity index (χ3v) is 3.47. The number of hydrogen-bond donors (Lipinski definition) is 1. The van der Waals surface area contributed by atoms with Crippen LogP contribution in [0.3, 0.4) is 0 Å². The molecule has 1 N–H and O–H groups in total. The summed E-state index contributed by atoms with van der Waals surface area (Å²) in [5.74, 6) is 0.832. The molecule has 2 unspecified atom stereocenters. The highest BCUT2D eigenvalue weighted by Crippen LogP contribution is 2.29. The predicted octanol–water partition coefficient (Wildman–Crippen LogP) is 2.27. The third-order valence-electron chi connectivity index (χ3n) is 3.47. The minimum absolute atomic E-state index is 0.312. The maximum atomic E-state index is 9.04. The van der Waals surface area contributed by atoms with Gasteiger partial charge in [0.2, 0.25) is 0 Å². The normalized spacial score (nSPS) is 27.4. The highest BCUT2D eigenvalue weighted by atomic mass is 16.3. The van der Waals surface area contributed by atoms with Gasteiger partial charge < -0.3 is 5.11 Å². The first-order valence-electron chi connectivity index (χ1n) is 6.14. The fourth-order valence-corrected chi connectivity index (χ4v) is 2.60. The van der Waals surface area contributed by atoms with Gasteiger partial charge in [0.1, 0.15) is 0 Å². The second-order valence-electron chi connectivity index (χ2n) is 4.59. The minimum Gasteiger partial charge on any atom is -0.395 e. The summed E-state index contributed by atoms with van der Waals surface area (Å²) < 4.78 is 0. The Balaban J connectivity index is 2.39. The lowest BCUT2D eigenvalue weighted by molar-refractivity contribution is 0.129. The molecule has 0 bridgehead atoms. The molecule has 1 aliphatic carbocycles. The second kappa shape index (κ2) is 6.41. The highest BCUT2D eigenvalue weighted by molar-refractivity contribution is 4.82. The first kappa shape index (κ1) is 12.0. The quantitative estimate of drug-likeness (QED) is 0.709. The van der Waals surface area contributed by atoms with E-state index in [1.54, 1.807) is 0 Å². The summed E-state index contributed by atoms with van der Waals surface area (Å²) in [5, 5.41) is 9.04. The van der Waals surface area contributed by atoms with Gasteiger partial charge in [-0.05, 0) is 31.7 Å². The summed E-state index contributed by atoms with van der Waals surface area (Å²) in [6.07, 6.45) is 6.61. The van der Waals surface area contributed by atoms with Crippen molar-refractivity contribution in [3.63, 3.8) is 0 Å². The molecule has 0 amide bonds. The number of nitrogens with zero attached hydrogens (tertiary/aromatic N) is 1. The molecule has 1 rings (SSSR count). The lowest BCUT2D eigenvalue weighted by atomic mass is 10.0. The molecular weight excluding hydrogens is 174 g/mol. The summed E-state index contributed by atoms with van der Waals surface area (Å²) in [6, 6.07) is 0.744. The molecule has 2 heteroatoms. The summed E-state index contributed by atoms with van der Waals surface area (Å²) >= 11 is 0. The Morgan fingerprint density at radius 3 is 2.57 bits per heavy atom. The van der Waals surface area contributed by atoms with Crippen LogP contribution in [0.2, 0.25) is 0 Å². The van der Waals surface area contributed by atoms with Crippen molar-refractivity contribution in [3.05, 3.63) is 0 Å². The zero-order valence-corrected chi connectivity index (χ0v) is 9.71. The van der Waals surface area contributed by atoms with E-state index in [1.807, 2.05) is 0 Å². The van der Waals surface area contributed by atoms with Crippen LogP contribution in [0.25, 0.3) is 0 Å². The summed E-state index contributed by atoms with van der Waals surface area (Å²) in [7, 11) is 0. The van der Waals surface area contributed by atoms with E-state index >= 15 is 0 Å². The van der Waals surface area contributed by atoms with Gasteiger partial charge in [-0.2, -0.15) is 0 Å². The topological polar surface area (TPSA) is 23.5 Å². The lowest BCUT2D eigenvalue weighted by Gasteiger charge is -2.31. The molecule has 0 aromatic rings. The van der Waals surface area contributed by atoms with Crippen LogP contribution in [0, 0.1) is 5.92 Å². The van der Waals surface area contributed by atoms with Crippen LogP contribution >= 0.6 is 0 Å². The smallest absolute Gasteiger partial charge is 0.0558 e. The van der Waals surface area contributed by atoms with E-state index in [9.17, 15) is 0 Å². The van der Waals surface area contributed by atoms with Gasteiger partial charge in [-0.3, -0.25) is 4.90 Å². The molecule has 0 spiro atoms. The zero-order chi connectivity index (χ0) is 10.4. The largest absolute Gasteiger partial charge is 0.395 e. The fourth-order valence-electron chi connectivity index (χ4n) is 2.60. The number of rotatable bonds is 6. The van der Waals surface area contributed by atoms with Crippen molar-refractivity contribution in [2.75, 3.05) is 19.7 Å². The highest BCUT2D eigenvalue weighted by Gasteiger charge is 2.27. The lowest BCUT2D eigenvalue weighted by Crippen LogP contribution is -2.39. The van der Waals surface area contributed by atoms with Gasteiger partial charge in [0.25, 0.3) is 0 Å². The van der Waals surface area contributed by atoms with Crippen molar-refractivity contribution in [1.82, 2.24) is 4.90 Å². The number of aliphatic hydroxyl groups is 1. The van der Waals surface area contributed by atoms with Crippen molar-refractivity contribution >= 4 is 0 Å². The minimum atomic E-state index is 0.312. The molecule has 0 aromatic heterocycles. The number of unbranched alkanes of at least 4 members (excludes halogenated alkanes) is 1. The Labute approximate surface area is 88.3 Å². The van der Waals surface area contributed by atoms with E-state index in [-0.39, 0.29) is 0 Å². The monoisotopic (exact) mass is 199 g/mol. The van der Waals surface area contributed by atoms with Gasteiger partial charge in [-0.15, -0.1) is 0 Å². The number of hydrogen-bond acceptors (Lipinski definition) is 2. The van der Waals surface area contributed by atoms with Gasteiger partial charge >= 0.3 is 0 Å². The second-order valence-corrected chi connectivity index (χ2v) is 4.59. The maximum Gasteiger partial charge on any atom is 0.0558 e. The molecule has 14 heavy (non-hydrogen) atoms. The van der Waals surface area contributed by atoms with Gasteiger partial charge in [-0.25, -0.2) is 0 Å². The van der Waals surface area contributed by atoms with Crippen molar-refractivity contribution < 1.29 is 5.11 Å². The van der Waals surface area contributed by atoms with Crippen LogP contribution in [0.5, 0.6) is 0 Å². The Morgan fingerprint density at radius 2 is 2.07 bits per heavy atom. The molecule has 84 valence electrons. The molecule has 0 saturated heterocycles. The van der Waals surface area contributed by atoms with Crippen molar-refractivity contribution in [2.24, 2.45) is 5.92 Å². The molecule has 0 heterocycles. The molecule has 1 fully saturated rings. The first-order valence-corrected chi connectivity index (χ1v) is 6.14. The summed E-state index contributed by atoms with van der Waals surface area (Å²) in [5.41, 5.74) is 0.